The molecule has 35 heavy (non-hydrogen) atoms. The molecule has 3 heteroatoms. The van der Waals surface area contributed by atoms with Gasteiger partial charge in [-0.05, 0) is 107 Å². The molecule has 0 radical (unpaired) electrons. The number of benzene rings is 2. The number of fused-ring (bicyclic) bond motifs is 4. The van der Waals surface area contributed by atoms with E-state index in [2.05, 4.69) is 93.8 Å². The number of halogens is 1. The Hall–Kier alpha value is -2.91. The number of hydrogen-bond acceptors (Lipinski definition) is 2. The lowest BCUT2D eigenvalue weighted by Crippen LogP contribution is -2.24. The summed E-state index contributed by atoms with van der Waals surface area (Å²) in [5, 5.41) is 8.64. The summed E-state index contributed by atoms with van der Waals surface area (Å²) in [5.41, 5.74) is 5.56. The molecule has 1 N–H and O–H groups in total. The zero-order valence-electron chi connectivity index (χ0n) is 20.6. The fourth-order valence-electron chi connectivity index (χ4n) is 5.36. The maximum atomic E-state index is 4.49. The Kier molecular flexibility index (Phi) is 7.34. The Labute approximate surface area is 216 Å². The van der Waals surface area contributed by atoms with Gasteiger partial charge in [0.15, 0.2) is 0 Å². The van der Waals surface area contributed by atoms with Gasteiger partial charge in [0.05, 0.1) is 0 Å². The average molecular weight is 526 g/mol. The molecule has 1 aliphatic heterocycles. The van der Waals surface area contributed by atoms with Gasteiger partial charge >= 0.3 is 0 Å². The molecule has 2 nitrogen and oxygen atoms in total. The van der Waals surface area contributed by atoms with E-state index in [1.54, 1.807) is 11.1 Å². The molecule has 2 heterocycles. The molecule has 6 rings (SSSR count). The molecule has 0 bridgehead atoms. The fraction of sp³-hybridized carbons (Fsp3) is 0.281. The summed E-state index contributed by atoms with van der Waals surface area (Å²) < 4.78 is 1.15. The molecule has 0 spiro atoms. The Bertz CT molecular complexity index is 1470. The van der Waals surface area contributed by atoms with Crippen LogP contribution in [0.5, 0.6) is 0 Å². The Morgan fingerprint density at radius 1 is 1.00 bits per heavy atom. The van der Waals surface area contributed by atoms with E-state index < -0.39 is 0 Å². The lowest BCUT2D eigenvalue weighted by Gasteiger charge is -2.25. The molecule has 3 aliphatic rings. The number of nitrogens with one attached hydrogen (secondary N) is 1. The summed E-state index contributed by atoms with van der Waals surface area (Å²) in [4.78, 5) is 4.49. The zero-order chi connectivity index (χ0) is 24.2. The van der Waals surface area contributed by atoms with E-state index in [0.29, 0.717) is 11.8 Å². The molecule has 1 aromatic heterocycles. The van der Waals surface area contributed by atoms with Crippen molar-refractivity contribution in [3.63, 3.8) is 0 Å². The van der Waals surface area contributed by atoms with Gasteiger partial charge in [-0.3, -0.25) is 4.98 Å². The van der Waals surface area contributed by atoms with Crippen LogP contribution in [-0.2, 0) is 12.8 Å². The largest absolute Gasteiger partial charge is 0.387 e. The SMILES string of the molecule is C1=CCNC=C1.Cc1ccc(CCC2C=c3cc(Br)ccc3=c3ccc4c(c32)CCC(C)C=4)cn1. The summed E-state index contributed by atoms with van der Waals surface area (Å²) in [6, 6.07) is 15.8. The van der Waals surface area contributed by atoms with E-state index in [1.807, 2.05) is 31.5 Å². The second-order valence-electron chi connectivity index (χ2n) is 9.82. The third-order valence-corrected chi connectivity index (χ3v) is 7.67. The van der Waals surface area contributed by atoms with Crippen LogP contribution in [0.25, 0.3) is 12.2 Å². The Morgan fingerprint density at radius 2 is 1.89 bits per heavy atom. The van der Waals surface area contributed by atoms with E-state index in [-0.39, 0.29) is 0 Å². The number of aryl methyl sites for hydroxylation is 2. The number of allylic oxidation sites excluding steroid dienone is 2. The van der Waals surface area contributed by atoms with Gasteiger partial charge in [0.25, 0.3) is 0 Å². The normalized spacial score (nSPS) is 19.1. The van der Waals surface area contributed by atoms with Gasteiger partial charge in [-0.1, -0.05) is 71.4 Å². The lowest BCUT2D eigenvalue weighted by molar-refractivity contribution is 0.646. The van der Waals surface area contributed by atoms with E-state index >= 15 is 0 Å². The predicted octanol–water partition coefficient (Wildman–Crippen LogP) is 5.97. The van der Waals surface area contributed by atoms with Crippen molar-refractivity contribution in [2.75, 3.05) is 6.54 Å². The van der Waals surface area contributed by atoms with Crippen molar-refractivity contribution in [2.45, 2.75) is 45.4 Å². The number of rotatable bonds is 3. The van der Waals surface area contributed by atoms with Crippen LogP contribution in [-0.4, -0.2) is 11.5 Å². The second kappa shape index (κ2) is 10.8. The van der Waals surface area contributed by atoms with Gasteiger partial charge in [0.2, 0.25) is 0 Å². The van der Waals surface area contributed by atoms with Crippen LogP contribution in [0.2, 0.25) is 0 Å². The molecule has 2 atom stereocenters. The van der Waals surface area contributed by atoms with Crippen LogP contribution in [0, 0.1) is 23.3 Å². The standard InChI is InChI=1S/C27H26BrN.C5H7N/c1-17-3-10-25-20(13-17)8-11-26-24-12-9-23(28)15-22(24)14-21(27(25)26)7-6-19-5-4-18(2)29-16-19;1-2-4-6-5-3-1/h4-5,8-9,11-17,21H,3,6-7,10H2,1-2H3;1-4,6H,5H2. The average Bonchev–Trinajstić information content (AvgIpc) is 2.89. The van der Waals surface area contributed by atoms with Crippen molar-refractivity contribution < 1.29 is 0 Å². The second-order valence-corrected chi connectivity index (χ2v) is 10.7. The van der Waals surface area contributed by atoms with Crippen LogP contribution in [0.3, 0.4) is 0 Å². The minimum Gasteiger partial charge on any atom is -0.387 e. The molecule has 2 aliphatic carbocycles. The van der Waals surface area contributed by atoms with Gasteiger partial charge in [0, 0.05) is 28.8 Å². The Morgan fingerprint density at radius 3 is 2.60 bits per heavy atom. The first kappa shape index (κ1) is 23.8. The highest BCUT2D eigenvalue weighted by Gasteiger charge is 2.21. The quantitative estimate of drug-likeness (QED) is 0.456. The number of hydrogen-bond donors (Lipinski definition) is 1. The van der Waals surface area contributed by atoms with Crippen molar-refractivity contribution in [3.8, 4) is 0 Å². The van der Waals surface area contributed by atoms with Crippen LogP contribution < -0.4 is 15.8 Å². The topological polar surface area (TPSA) is 24.9 Å². The zero-order valence-corrected chi connectivity index (χ0v) is 22.2. The minimum atomic E-state index is 0.449. The molecule has 0 fully saturated rings. The molecule has 3 aromatic rings. The first-order chi connectivity index (χ1) is 17.1. The van der Waals surface area contributed by atoms with Gasteiger partial charge in [-0.2, -0.15) is 0 Å². The third-order valence-electron chi connectivity index (χ3n) is 7.18. The number of nitrogens with zero attached hydrogens (tertiary/aromatic N) is 1. The van der Waals surface area contributed by atoms with Crippen LogP contribution in [0.15, 0.2) is 77.6 Å². The first-order valence-corrected chi connectivity index (χ1v) is 13.5. The molecule has 0 amide bonds. The monoisotopic (exact) mass is 524 g/mol. The molecule has 0 saturated carbocycles. The van der Waals surface area contributed by atoms with E-state index in [4.69, 9.17) is 0 Å². The number of pyridine rings is 1. The highest BCUT2D eigenvalue weighted by atomic mass is 79.9. The van der Waals surface area contributed by atoms with Crippen molar-refractivity contribution in [3.05, 3.63) is 121 Å². The smallest absolute Gasteiger partial charge is 0.0372 e. The van der Waals surface area contributed by atoms with Gasteiger partial charge in [-0.15, -0.1) is 0 Å². The highest BCUT2D eigenvalue weighted by molar-refractivity contribution is 9.10. The van der Waals surface area contributed by atoms with Crippen LogP contribution in [0.4, 0.5) is 0 Å². The van der Waals surface area contributed by atoms with Crippen LogP contribution >= 0.6 is 15.9 Å². The van der Waals surface area contributed by atoms with Crippen molar-refractivity contribution in [2.24, 2.45) is 5.92 Å². The van der Waals surface area contributed by atoms with Crippen LogP contribution in [0.1, 0.15) is 48.1 Å². The number of dihydropyridines is 1. The maximum absolute atomic E-state index is 4.49. The number of aromatic nitrogens is 1. The summed E-state index contributed by atoms with van der Waals surface area (Å²) in [6.07, 6.45) is 19.6. The minimum absolute atomic E-state index is 0.449. The van der Waals surface area contributed by atoms with Crippen molar-refractivity contribution >= 4 is 28.1 Å². The summed E-state index contributed by atoms with van der Waals surface area (Å²) in [5.74, 6) is 1.12. The summed E-state index contributed by atoms with van der Waals surface area (Å²) in [6.45, 7) is 5.37. The van der Waals surface area contributed by atoms with Gasteiger partial charge in [-0.25, -0.2) is 0 Å². The van der Waals surface area contributed by atoms with E-state index in [1.165, 1.54) is 39.3 Å². The molecule has 2 unspecified atom stereocenters. The van der Waals surface area contributed by atoms with E-state index in [0.717, 1.165) is 29.6 Å². The Balaban J connectivity index is 0.000000371. The third kappa shape index (κ3) is 5.51. The summed E-state index contributed by atoms with van der Waals surface area (Å²) >= 11 is 3.67. The molecule has 0 saturated heterocycles. The molecule has 2 aromatic carbocycles. The molecule has 178 valence electrons. The van der Waals surface area contributed by atoms with Gasteiger partial charge in [0.1, 0.15) is 0 Å². The lowest BCUT2D eigenvalue weighted by atomic mass is 9.79. The highest BCUT2D eigenvalue weighted by Crippen LogP contribution is 2.31. The summed E-state index contributed by atoms with van der Waals surface area (Å²) in [7, 11) is 0. The van der Waals surface area contributed by atoms with Crippen molar-refractivity contribution in [1.29, 1.82) is 0 Å². The van der Waals surface area contributed by atoms with E-state index in [9.17, 15) is 0 Å². The van der Waals surface area contributed by atoms with Crippen molar-refractivity contribution in [1.82, 2.24) is 10.3 Å². The molecular weight excluding hydrogens is 492 g/mol. The first-order valence-electron chi connectivity index (χ1n) is 12.7. The fourth-order valence-corrected chi connectivity index (χ4v) is 5.74. The maximum Gasteiger partial charge on any atom is 0.0372 e. The van der Waals surface area contributed by atoms with Gasteiger partial charge < -0.3 is 5.32 Å². The predicted molar refractivity (Wildman–Crippen MR) is 150 cm³/mol. The molecular formula is C32H33BrN2.